The maximum atomic E-state index is 12.5. The van der Waals surface area contributed by atoms with Gasteiger partial charge in [0.15, 0.2) is 6.29 Å². The summed E-state index contributed by atoms with van der Waals surface area (Å²) in [7, 11) is 0. The van der Waals surface area contributed by atoms with Gasteiger partial charge in [-0.2, -0.15) is 5.10 Å². The molecule has 0 bridgehead atoms. The fourth-order valence-corrected chi connectivity index (χ4v) is 3.01. The van der Waals surface area contributed by atoms with Crippen molar-refractivity contribution >= 4 is 17.5 Å². The molecule has 1 amide bonds. The molecule has 0 aliphatic carbocycles. The van der Waals surface area contributed by atoms with Crippen molar-refractivity contribution in [2.45, 2.75) is 47.5 Å². The van der Waals surface area contributed by atoms with Crippen molar-refractivity contribution < 1.29 is 19.0 Å². The quantitative estimate of drug-likeness (QED) is 0.507. The Balaban J connectivity index is 2.09. The number of carbonyl (C=O) groups excluding carboxylic acids is 1. The third-order valence-corrected chi connectivity index (χ3v) is 4.50. The van der Waals surface area contributed by atoms with Crippen molar-refractivity contribution in [3.05, 3.63) is 46.2 Å². The average Bonchev–Trinajstić information content (AvgIpc) is 3.06. The SMILES string of the molecule is CCOC(CNC(=O)c1cc(C)n(Cc2cc(Cl)ccc2OCC(C)C)n1)OCC. The molecule has 7 nitrogen and oxygen atoms in total. The lowest BCUT2D eigenvalue weighted by atomic mass is 10.2. The Morgan fingerprint density at radius 2 is 1.90 bits per heavy atom. The molecule has 0 spiro atoms. The second-order valence-corrected chi connectivity index (χ2v) is 7.77. The third-order valence-electron chi connectivity index (χ3n) is 4.26. The second kappa shape index (κ2) is 11.9. The number of amides is 1. The van der Waals surface area contributed by atoms with Crippen molar-refractivity contribution in [2.75, 3.05) is 26.4 Å². The predicted octanol–water partition coefficient (Wildman–Crippen LogP) is 4.06. The molecule has 2 rings (SSSR count). The molecule has 2 aromatic rings. The average molecular weight is 438 g/mol. The van der Waals surface area contributed by atoms with Gasteiger partial charge in [0.05, 0.1) is 19.7 Å². The van der Waals surface area contributed by atoms with Crippen LogP contribution in [-0.4, -0.2) is 48.3 Å². The van der Waals surface area contributed by atoms with Gasteiger partial charge in [-0.05, 0) is 51.0 Å². The molecule has 1 N–H and O–H groups in total. The summed E-state index contributed by atoms with van der Waals surface area (Å²) in [6.07, 6.45) is -0.473. The van der Waals surface area contributed by atoms with Gasteiger partial charge in [0.2, 0.25) is 0 Å². The predicted molar refractivity (Wildman–Crippen MR) is 117 cm³/mol. The van der Waals surface area contributed by atoms with Gasteiger partial charge in [0, 0.05) is 29.5 Å². The second-order valence-electron chi connectivity index (χ2n) is 7.34. The molecule has 1 heterocycles. The van der Waals surface area contributed by atoms with E-state index in [0.29, 0.717) is 43.0 Å². The topological polar surface area (TPSA) is 74.6 Å². The van der Waals surface area contributed by atoms with E-state index in [1.54, 1.807) is 10.7 Å². The fourth-order valence-electron chi connectivity index (χ4n) is 2.82. The van der Waals surface area contributed by atoms with E-state index in [9.17, 15) is 4.79 Å². The van der Waals surface area contributed by atoms with Crippen LogP contribution in [-0.2, 0) is 16.0 Å². The monoisotopic (exact) mass is 437 g/mol. The lowest BCUT2D eigenvalue weighted by molar-refractivity contribution is -0.131. The van der Waals surface area contributed by atoms with Crippen LogP contribution in [0.15, 0.2) is 24.3 Å². The number of aryl methyl sites for hydroxylation is 1. The molecule has 30 heavy (non-hydrogen) atoms. The third kappa shape index (κ3) is 7.31. The van der Waals surface area contributed by atoms with Crippen LogP contribution in [0.1, 0.15) is 49.4 Å². The van der Waals surface area contributed by atoms with Crippen LogP contribution in [0, 0.1) is 12.8 Å². The lowest BCUT2D eigenvalue weighted by Crippen LogP contribution is -2.35. The zero-order valence-electron chi connectivity index (χ0n) is 18.4. The van der Waals surface area contributed by atoms with Crippen LogP contribution in [0.25, 0.3) is 0 Å². The fraction of sp³-hybridized carbons (Fsp3) is 0.545. The maximum Gasteiger partial charge on any atom is 0.271 e. The molecule has 0 atom stereocenters. The Labute approximate surface area is 183 Å². The normalized spacial score (nSPS) is 11.3. The van der Waals surface area contributed by atoms with Crippen molar-refractivity contribution in [2.24, 2.45) is 5.92 Å². The van der Waals surface area contributed by atoms with Gasteiger partial charge >= 0.3 is 0 Å². The van der Waals surface area contributed by atoms with Gasteiger partial charge < -0.3 is 19.5 Å². The minimum atomic E-state index is -0.473. The van der Waals surface area contributed by atoms with E-state index >= 15 is 0 Å². The molecule has 0 saturated carbocycles. The molecule has 0 saturated heterocycles. The van der Waals surface area contributed by atoms with Crippen molar-refractivity contribution in [1.82, 2.24) is 15.1 Å². The molecule has 0 fully saturated rings. The summed E-state index contributed by atoms with van der Waals surface area (Å²) in [6.45, 7) is 12.2. The van der Waals surface area contributed by atoms with Crippen LogP contribution < -0.4 is 10.1 Å². The maximum absolute atomic E-state index is 12.5. The number of hydrogen-bond acceptors (Lipinski definition) is 5. The summed E-state index contributed by atoms with van der Waals surface area (Å²) in [5.74, 6) is 0.904. The van der Waals surface area contributed by atoms with E-state index in [4.69, 9.17) is 25.8 Å². The molecular weight excluding hydrogens is 406 g/mol. The standard InChI is InChI=1S/C22H32ClN3O4/c1-6-28-21(29-7-2)12-24-22(27)19-10-16(5)26(25-19)13-17-11-18(23)8-9-20(17)30-14-15(3)4/h8-11,15,21H,6-7,12-14H2,1-5H3,(H,24,27). The van der Waals surface area contributed by atoms with Crippen LogP contribution in [0.3, 0.4) is 0 Å². The van der Waals surface area contributed by atoms with E-state index in [1.807, 2.05) is 39.0 Å². The Kier molecular flexibility index (Phi) is 9.62. The summed E-state index contributed by atoms with van der Waals surface area (Å²) in [6, 6.07) is 7.30. The number of hydrogen-bond donors (Lipinski definition) is 1. The largest absolute Gasteiger partial charge is 0.493 e. The van der Waals surface area contributed by atoms with Gasteiger partial charge in [-0.3, -0.25) is 9.48 Å². The number of benzene rings is 1. The molecule has 8 heteroatoms. The zero-order chi connectivity index (χ0) is 22.1. The molecular formula is C22H32ClN3O4. The Morgan fingerprint density at radius 1 is 1.20 bits per heavy atom. The first-order valence-electron chi connectivity index (χ1n) is 10.3. The van der Waals surface area contributed by atoms with Gasteiger partial charge in [-0.25, -0.2) is 0 Å². The summed E-state index contributed by atoms with van der Waals surface area (Å²) in [5.41, 5.74) is 2.11. The summed E-state index contributed by atoms with van der Waals surface area (Å²) >= 11 is 6.19. The number of rotatable bonds is 12. The van der Waals surface area contributed by atoms with E-state index in [0.717, 1.165) is 17.0 Å². The van der Waals surface area contributed by atoms with Gasteiger partial charge in [0.1, 0.15) is 11.4 Å². The van der Waals surface area contributed by atoms with Gasteiger partial charge in [-0.1, -0.05) is 25.4 Å². The number of carbonyl (C=O) groups is 1. The Bertz CT molecular complexity index is 817. The Morgan fingerprint density at radius 3 is 2.53 bits per heavy atom. The Hall–Kier alpha value is -2.09. The highest BCUT2D eigenvalue weighted by Gasteiger charge is 2.16. The van der Waals surface area contributed by atoms with Crippen molar-refractivity contribution in [3.63, 3.8) is 0 Å². The highest BCUT2D eigenvalue weighted by atomic mass is 35.5. The van der Waals surface area contributed by atoms with E-state index in [1.165, 1.54) is 0 Å². The number of ether oxygens (including phenoxy) is 3. The molecule has 1 aromatic heterocycles. The first kappa shape index (κ1) is 24.2. The molecule has 0 unspecified atom stereocenters. The van der Waals surface area contributed by atoms with Crippen LogP contribution >= 0.6 is 11.6 Å². The van der Waals surface area contributed by atoms with E-state index in [2.05, 4.69) is 24.3 Å². The van der Waals surface area contributed by atoms with Crippen molar-refractivity contribution in [1.29, 1.82) is 0 Å². The van der Waals surface area contributed by atoms with Crippen molar-refractivity contribution in [3.8, 4) is 5.75 Å². The summed E-state index contributed by atoms with van der Waals surface area (Å²) in [4.78, 5) is 12.5. The molecule has 0 aliphatic heterocycles. The smallest absolute Gasteiger partial charge is 0.271 e. The molecule has 0 aliphatic rings. The summed E-state index contributed by atoms with van der Waals surface area (Å²) < 4.78 is 18.6. The molecule has 166 valence electrons. The van der Waals surface area contributed by atoms with E-state index < -0.39 is 6.29 Å². The number of nitrogens with zero attached hydrogens (tertiary/aromatic N) is 2. The highest BCUT2D eigenvalue weighted by molar-refractivity contribution is 6.30. The minimum Gasteiger partial charge on any atom is -0.493 e. The molecule has 1 aromatic carbocycles. The van der Waals surface area contributed by atoms with Gasteiger partial charge in [0.25, 0.3) is 5.91 Å². The van der Waals surface area contributed by atoms with E-state index in [-0.39, 0.29) is 12.5 Å². The first-order valence-corrected chi connectivity index (χ1v) is 10.7. The highest BCUT2D eigenvalue weighted by Crippen LogP contribution is 2.25. The summed E-state index contributed by atoms with van der Waals surface area (Å²) in [5, 5.41) is 7.91. The first-order chi connectivity index (χ1) is 14.3. The lowest BCUT2D eigenvalue weighted by Gasteiger charge is -2.16. The van der Waals surface area contributed by atoms with Crippen LogP contribution in [0.5, 0.6) is 5.75 Å². The van der Waals surface area contributed by atoms with Crippen LogP contribution in [0.4, 0.5) is 0 Å². The van der Waals surface area contributed by atoms with Crippen LogP contribution in [0.2, 0.25) is 5.02 Å². The number of aromatic nitrogens is 2. The number of halogens is 1. The minimum absolute atomic E-state index is 0.258. The van der Waals surface area contributed by atoms with Gasteiger partial charge in [-0.15, -0.1) is 0 Å². The zero-order valence-corrected chi connectivity index (χ0v) is 19.2. The number of nitrogens with one attached hydrogen (secondary N) is 1. The molecule has 0 radical (unpaired) electrons.